The summed E-state index contributed by atoms with van der Waals surface area (Å²) in [4.78, 5) is 60.2. The lowest BCUT2D eigenvalue weighted by Crippen LogP contribution is -2.61. The van der Waals surface area contributed by atoms with Gasteiger partial charge in [-0.1, -0.05) is 249 Å². The highest BCUT2D eigenvalue weighted by Gasteiger charge is 2.43. The molecule has 0 saturated heterocycles. The molecule has 0 bridgehead atoms. The number of anilines is 6. The molecule has 0 fully saturated rings. The molecule has 19 rings (SSSR count). The van der Waals surface area contributed by atoms with Crippen LogP contribution in [0.15, 0.2) is 358 Å². The maximum Gasteiger partial charge on any atom is 0.338 e. The molecule has 17 aromatic rings. The third kappa shape index (κ3) is 12.0. The van der Waals surface area contributed by atoms with Crippen molar-refractivity contribution in [2.24, 2.45) is 0 Å². The molecule has 0 aliphatic carbocycles. The van der Waals surface area contributed by atoms with E-state index in [1.807, 2.05) is 170 Å². The zero-order valence-electron chi connectivity index (χ0n) is 58.3. The molecule has 0 atom stereocenters. The Morgan fingerprint density at radius 1 is 0.296 bits per heavy atom. The Kier molecular flexibility index (Phi) is 16.5. The Hall–Kier alpha value is -14.4. The van der Waals surface area contributed by atoms with Crippen LogP contribution >= 0.6 is 0 Å². The highest BCUT2D eigenvalue weighted by atomic mass is 16.5. The summed E-state index contributed by atoms with van der Waals surface area (Å²) in [5.74, 6) is 0.875. The van der Waals surface area contributed by atoms with E-state index in [0.717, 1.165) is 89.7 Å². The van der Waals surface area contributed by atoms with Crippen molar-refractivity contribution in [3.05, 3.63) is 380 Å². The van der Waals surface area contributed by atoms with Crippen LogP contribution < -0.4 is 26.2 Å². The number of carbonyl (C=O) groups is 2. The molecule has 108 heavy (non-hydrogen) atoms. The van der Waals surface area contributed by atoms with E-state index in [4.69, 9.17) is 34.4 Å². The minimum absolute atomic E-state index is 0.0283. The summed E-state index contributed by atoms with van der Waals surface area (Å²) in [5, 5.41) is 1.39. The second-order valence-corrected chi connectivity index (χ2v) is 26.9. The lowest BCUT2D eigenvalue weighted by Gasteiger charge is -2.44. The van der Waals surface area contributed by atoms with Gasteiger partial charge in [0.05, 0.1) is 39.2 Å². The van der Waals surface area contributed by atoms with Crippen molar-refractivity contribution in [2.75, 3.05) is 9.80 Å². The molecule has 0 radical (unpaired) electrons. The van der Waals surface area contributed by atoms with Crippen molar-refractivity contribution in [2.45, 2.75) is 13.2 Å². The van der Waals surface area contributed by atoms with Gasteiger partial charge in [0.2, 0.25) is 0 Å². The third-order valence-electron chi connectivity index (χ3n) is 20.3. The molecule has 2 aliphatic rings. The first kappa shape index (κ1) is 64.4. The van der Waals surface area contributed by atoms with E-state index in [1.54, 1.807) is 12.1 Å². The van der Waals surface area contributed by atoms with Crippen LogP contribution in [0.4, 0.5) is 34.1 Å². The van der Waals surface area contributed by atoms with Crippen LogP contribution in [-0.4, -0.2) is 48.1 Å². The number of carbonyl (C=O) groups excluding carboxylic acids is 2. The molecule has 510 valence electrons. The minimum Gasteiger partial charge on any atom is -0.457 e. The van der Waals surface area contributed by atoms with Gasteiger partial charge in [-0.25, -0.2) is 34.5 Å². The van der Waals surface area contributed by atoms with Crippen LogP contribution in [0.1, 0.15) is 31.8 Å². The molecular formula is C95H63BN8O4. The number of rotatable bonds is 16. The predicted octanol–water partition coefficient (Wildman–Crippen LogP) is 20.2. The van der Waals surface area contributed by atoms with Crippen LogP contribution in [0.2, 0.25) is 0 Å². The molecule has 14 aromatic carbocycles. The number of benzene rings is 14. The average molecular weight is 1390 g/mol. The van der Waals surface area contributed by atoms with Gasteiger partial charge in [0.25, 0.3) is 6.71 Å². The number of fused-ring (bicyclic) bond motifs is 7. The number of para-hydroxylation sites is 4. The number of aromatic nitrogens is 6. The first-order chi connectivity index (χ1) is 53.4. The smallest absolute Gasteiger partial charge is 0.338 e. The highest BCUT2D eigenvalue weighted by Crippen LogP contribution is 2.47. The molecule has 5 heterocycles. The Morgan fingerprint density at radius 3 is 1.16 bits per heavy atom. The number of esters is 2. The van der Waals surface area contributed by atoms with Crippen LogP contribution in [0.25, 0.3) is 107 Å². The fourth-order valence-electron chi connectivity index (χ4n) is 15.2. The summed E-state index contributed by atoms with van der Waals surface area (Å²) >= 11 is 0. The van der Waals surface area contributed by atoms with Crippen LogP contribution in [0, 0.1) is 0 Å². The standard InChI is InChI=1S/C95H63BN8O4/c105-94(107-60-62-26-8-1-9-27-62)70-49-52-82-75(55-70)76-56-71(95(106)108-61-63-28-10-2-11-29-63)50-53-83(76)104(82)84-51-48-69(92-100-90(67-32-14-4-15-33-67)99-91(101-92)68-34-16-5-17-35-68)54-77(84)93-97-80(65-30-12-3-13-31-65)59-81(98-93)66-46-44-64(45-47-66)72-57-87-89-88(58-72)103(74-38-20-7-21-39-74)86-43-25-23-41-79(86)96(89)78-40-22-24-42-85(78)102(87)73-36-18-6-19-37-73/h1-59H,60-61H2. The Bertz CT molecular complexity index is 6010. The molecule has 3 aromatic heterocycles. The Balaban J connectivity index is 0.801. The summed E-state index contributed by atoms with van der Waals surface area (Å²) in [5.41, 5.74) is 23.1. The molecule has 12 nitrogen and oxygen atoms in total. The van der Waals surface area contributed by atoms with Crippen molar-refractivity contribution >= 4 is 91.0 Å². The second kappa shape index (κ2) is 27.6. The average Bonchev–Trinajstić information content (AvgIpc) is 0.822. The van der Waals surface area contributed by atoms with Crippen molar-refractivity contribution in [1.82, 2.24) is 29.5 Å². The molecule has 0 saturated carbocycles. The van der Waals surface area contributed by atoms with E-state index in [1.165, 1.54) is 16.4 Å². The van der Waals surface area contributed by atoms with Gasteiger partial charge >= 0.3 is 11.9 Å². The van der Waals surface area contributed by atoms with E-state index in [2.05, 4.69) is 190 Å². The zero-order chi connectivity index (χ0) is 72.0. The highest BCUT2D eigenvalue weighted by molar-refractivity contribution is 7.00. The summed E-state index contributed by atoms with van der Waals surface area (Å²) in [6.45, 7) is 0.149. The monoisotopic (exact) mass is 1390 g/mol. The Labute approximate surface area is 623 Å². The van der Waals surface area contributed by atoms with E-state index < -0.39 is 11.9 Å². The number of ether oxygens (including phenoxy) is 2. The van der Waals surface area contributed by atoms with E-state index in [0.29, 0.717) is 73.4 Å². The SMILES string of the molecule is O=C(OCc1ccccc1)c1ccc2c(c1)c1cc(C(=O)OCc3ccccc3)ccc1n2-c1ccc(-c2nc(-c3ccccc3)nc(-c3ccccc3)n2)cc1-c1nc(-c2ccccc2)cc(-c2ccc(-c3cc4c5c(c3)N(c3ccccc3)c3ccccc3B5c3ccccc3N4c3ccccc3)cc2)n1. The maximum atomic E-state index is 14.2. The third-order valence-corrected chi connectivity index (χ3v) is 20.3. The fourth-order valence-corrected chi connectivity index (χ4v) is 15.2. The van der Waals surface area contributed by atoms with Gasteiger partial charge < -0.3 is 23.8 Å². The van der Waals surface area contributed by atoms with Gasteiger partial charge in [0.15, 0.2) is 23.3 Å². The number of hydrogen-bond donors (Lipinski definition) is 0. The van der Waals surface area contributed by atoms with Gasteiger partial charge in [0, 0.05) is 78.3 Å². The lowest BCUT2D eigenvalue weighted by atomic mass is 9.33. The molecule has 2 aliphatic heterocycles. The quantitative estimate of drug-likeness (QED) is 0.0677. The fraction of sp³-hybridized carbons (Fsp3) is 0.0211. The van der Waals surface area contributed by atoms with Crippen molar-refractivity contribution < 1.29 is 19.1 Å². The summed E-state index contributed by atoms with van der Waals surface area (Å²) in [7, 11) is 0. The van der Waals surface area contributed by atoms with E-state index in [-0.39, 0.29) is 19.9 Å². The minimum atomic E-state index is -0.494. The molecule has 0 amide bonds. The number of hydrogen-bond acceptors (Lipinski definition) is 11. The predicted molar refractivity (Wildman–Crippen MR) is 433 cm³/mol. The van der Waals surface area contributed by atoms with Crippen LogP contribution in [0.5, 0.6) is 0 Å². The summed E-state index contributed by atoms with van der Waals surface area (Å²) in [6, 6.07) is 121. The molecule has 0 N–H and O–H groups in total. The molecule has 0 unspecified atom stereocenters. The van der Waals surface area contributed by atoms with Gasteiger partial charge in [-0.15, -0.1) is 0 Å². The van der Waals surface area contributed by atoms with Gasteiger partial charge in [-0.3, -0.25) is 0 Å². The zero-order valence-corrected chi connectivity index (χ0v) is 58.3. The molecule has 0 spiro atoms. The summed E-state index contributed by atoms with van der Waals surface area (Å²) in [6.07, 6.45) is 0. The topological polar surface area (TPSA) is 128 Å². The van der Waals surface area contributed by atoms with Crippen molar-refractivity contribution in [3.8, 4) is 84.9 Å². The largest absolute Gasteiger partial charge is 0.457 e. The van der Waals surface area contributed by atoms with Crippen molar-refractivity contribution in [1.29, 1.82) is 0 Å². The van der Waals surface area contributed by atoms with Gasteiger partial charge in [0.1, 0.15) is 13.2 Å². The first-order valence-corrected chi connectivity index (χ1v) is 36.0. The molecular weight excluding hydrogens is 1330 g/mol. The normalized spacial score (nSPS) is 12.0. The Morgan fingerprint density at radius 2 is 0.685 bits per heavy atom. The van der Waals surface area contributed by atoms with E-state index >= 15 is 0 Å². The van der Waals surface area contributed by atoms with Gasteiger partial charge in [-0.2, -0.15) is 0 Å². The lowest BCUT2D eigenvalue weighted by molar-refractivity contribution is 0.0464. The first-order valence-electron chi connectivity index (χ1n) is 36.0. The maximum absolute atomic E-state index is 14.2. The summed E-state index contributed by atoms with van der Waals surface area (Å²) < 4.78 is 14.1. The second-order valence-electron chi connectivity index (χ2n) is 26.9. The van der Waals surface area contributed by atoms with Crippen LogP contribution in [0.3, 0.4) is 0 Å². The number of nitrogens with zero attached hydrogens (tertiary/aromatic N) is 8. The van der Waals surface area contributed by atoms with E-state index in [9.17, 15) is 9.59 Å². The van der Waals surface area contributed by atoms with Crippen LogP contribution in [-0.2, 0) is 22.7 Å². The molecule has 13 heteroatoms. The van der Waals surface area contributed by atoms with Gasteiger partial charge in [-0.05, 0) is 148 Å². The van der Waals surface area contributed by atoms with Crippen molar-refractivity contribution in [3.63, 3.8) is 0 Å².